The van der Waals surface area contributed by atoms with Crippen molar-refractivity contribution >= 4 is 32.8 Å². The second-order valence-electron chi connectivity index (χ2n) is 10.6. The van der Waals surface area contributed by atoms with Gasteiger partial charge in [-0.05, 0) is 80.7 Å². The number of rotatable bonds is 8. The van der Waals surface area contributed by atoms with E-state index < -0.39 is 16.0 Å². The monoisotopic (exact) mass is 537 g/mol. The number of sulfonamides is 1. The fraction of sp³-hybridized carbons (Fsp3) is 0.448. The van der Waals surface area contributed by atoms with Crippen LogP contribution in [0.3, 0.4) is 0 Å². The van der Waals surface area contributed by atoms with E-state index in [4.69, 9.17) is 5.11 Å². The number of H-pyrrole nitrogens is 1. The molecular formula is C29H35N3O5S. The number of amides is 1. The molecule has 0 unspecified atom stereocenters. The third-order valence-corrected chi connectivity index (χ3v) is 9.38. The Balaban J connectivity index is 1.22. The summed E-state index contributed by atoms with van der Waals surface area (Å²) in [5.74, 6) is -0.566. The molecule has 1 aliphatic heterocycles. The van der Waals surface area contributed by atoms with Crippen LogP contribution in [0, 0.1) is 5.92 Å². The Morgan fingerprint density at radius 3 is 2.34 bits per heavy atom. The molecule has 1 aromatic heterocycles. The molecule has 2 heterocycles. The molecule has 3 aromatic rings. The molecule has 2 fully saturated rings. The lowest BCUT2D eigenvalue weighted by Crippen LogP contribution is -2.43. The number of aryl methyl sites for hydroxylation is 1. The van der Waals surface area contributed by atoms with Gasteiger partial charge in [0.1, 0.15) is 0 Å². The minimum absolute atomic E-state index is 0.00813. The van der Waals surface area contributed by atoms with Crippen molar-refractivity contribution in [3.05, 3.63) is 54.1 Å². The molecular weight excluding hydrogens is 502 g/mol. The molecule has 1 saturated heterocycles. The molecule has 8 nitrogen and oxygen atoms in total. The molecule has 9 heteroatoms. The Morgan fingerprint density at radius 2 is 1.66 bits per heavy atom. The normalized spacial score (nSPS) is 20.5. The summed E-state index contributed by atoms with van der Waals surface area (Å²) in [7, 11) is -3.70. The highest BCUT2D eigenvalue weighted by Gasteiger charge is 2.32. The van der Waals surface area contributed by atoms with Crippen molar-refractivity contribution in [1.29, 1.82) is 0 Å². The largest absolute Gasteiger partial charge is 0.481 e. The van der Waals surface area contributed by atoms with Crippen LogP contribution >= 0.6 is 0 Å². The van der Waals surface area contributed by atoms with Gasteiger partial charge in [-0.25, -0.2) is 13.1 Å². The van der Waals surface area contributed by atoms with Gasteiger partial charge >= 0.3 is 5.97 Å². The summed E-state index contributed by atoms with van der Waals surface area (Å²) in [6, 6.07) is 14.6. The van der Waals surface area contributed by atoms with Gasteiger partial charge in [0.2, 0.25) is 15.9 Å². The van der Waals surface area contributed by atoms with Crippen LogP contribution in [-0.2, 0) is 26.0 Å². The average Bonchev–Trinajstić information content (AvgIpc) is 3.36. The van der Waals surface area contributed by atoms with E-state index in [2.05, 4.69) is 9.71 Å². The van der Waals surface area contributed by atoms with E-state index in [-0.39, 0.29) is 29.2 Å². The number of nitrogens with one attached hydrogen (secondary N) is 2. The minimum atomic E-state index is -3.70. The standard InChI is InChI=1S/C29H35N3O5S/c33-28(34)15-6-20-4-7-21(8-5-20)26-18-23-11-14-25(19-27(23)30-26)38(36,37)31-24-12-9-22(10-13-24)29(35)32-16-2-1-3-17-32/h4-5,7-8,11,14,18-19,22,24,30-31H,1-3,6,9-10,12-13,15-17H2,(H,33,34)/t22-,24-. The average molecular weight is 538 g/mol. The fourth-order valence-corrected chi connectivity index (χ4v) is 6.98. The number of carbonyl (C=O) groups is 2. The second-order valence-corrected chi connectivity index (χ2v) is 12.3. The molecule has 0 radical (unpaired) electrons. The van der Waals surface area contributed by atoms with Crippen molar-refractivity contribution in [3.63, 3.8) is 0 Å². The summed E-state index contributed by atoms with van der Waals surface area (Å²) in [6.45, 7) is 1.71. The maximum Gasteiger partial charge on any atom is 0.303 e. The maximum absolute atomic E-state index is 13.2. The van der Waals surface area contributed by atoms with Gasteiger partial charge in [-0.3, -0.25) is 9.59 Å². The number of fused-ring (bicyclic) bond motifs is 1. The number of aromatic amines is 1. The number of likely N-dealkylation sites (tertiary alicyclic amines) is 1. The van der Waals surface area contributed by atoms with Crippen molar-refractivity contribution in [2.24, 2.45) is 5.92 Å². The van der Waals surface area contributed by atoms with Gasteiger partial charge in [0.15, 0.2) is 0 Å². The first-order valence-electron chi connectivity index (χ1n) is 13.5. The van der Waals surface area contributed by atoms with Gasteiger partial charge in [-0.1, -0.05) is 30.3 Å². The fourth-order valence-electron chi connectivity index (χ4n) is 5.65. The molecule has 1 amide bonds. The summed E-state index contributed by atoms with van der Waals surface area (Å²) in [6.07, 6.45) is 6.69. The van der Waals surface area contributed by atoms with Gasteiger partial charge in [-0.15, -0.1) is 0 Å². The predicted molar refractivity (Wildman–Crippen MR) is 146 cm³/mol. The topological polar surface area (TPSA) is 120 Å². The van der Waals surface area contributed by atoms with Crippen molar-refractivity contribution in [1.82, 2.24) is 14.6 Å². The molecule has 1 saturated carbocycles. The van der Waals surface area contributed by atoms with E-state index in [9.17, 15) is 18.0 Å². The Labute approximate surface area is 223 Å². The molecule has 5 rings (SSSR count). The van der Waals surface area contributed by atoms with Gasteiger partial charge < -0.3 is 15.0 Å². The van der Waals surface area contributed by atoms with Crippen LogP contribution in [0.15, 0.2) is 53.4 Å². The molecule has 38 heavy (non-hydrogen) atoms. The summed E-state index contributed by atoms with van der Waals surface area (Å²) < 4.78 is 29.2. The number of carboxylic acids is 1. The molecule has 202 valence electrons. The van der Waals surface area contributed by atoms with E-state index in [1.807, 2.05) is 35.2 Å². The number of piperidine rings is 1. The number of carboxylic acid groups (broad SMARTS) is 1. The van der Waals surface area contributed by atoms with E-state index >= 15 is 0 Å². The quantitative estimate of drug-likeness (QED) is 0.385. The number of carbonyl (C=O) groups excluding carboxylic acids is 1. The third-order valence-electron chi connectivity index (χ3n) is 7.86. The Morgan fingerprint density at radius 1 is 0.947 bits per heavy atom. The van der Waals surface area contributed by atoms with Gasteiger partial charge in [0, 0.05) is 48.1 Å². The lowest BCUT2D eigenvalue weighted by Gasteiger charge is -2.34. The molecule has 0 bridgehead atoms. The highest BCUT2D eigenvalue weighted by molar-refractivity contribution is 7.89. The SMILES string of the molecule is O=C(O)CCc1ccc(-c2cc3ccc(S(=O)(=O)N[C@H]4CC[C@H](C(=O)N5CCCCC5)CC4)cc3[nH]2)cc1. The van der Waals surface area contributed by atoms with Crippen LogP contribution in [0.25, 0.3) is 22.2 Å². The van der Waals surface area contributed by atoms with E-state index in [1.54, 1.807) is 18.2 Å². The van der Waals surface area contributed by atoms with Crippen LogP contribution in [-0.4, -0.2) is 54.4 Å². The van der Waals surface area contributed by atoms with Crippen LogP contribution < -0.4 is 4.72 Å². The van der Waals surface area contributed by atoms with Crippen molar-refractivity contribution in [2.75, 3.05) is 13.1 Å². The lowest BCUT2D eigenvalue weighted by molar-refractivity contribution is -0.138. The summed E-state index contributed by atoms with van der Waals surface area (Å²) >= 11 is 0. The highest BCUT2D eigenvalue weighted by atomic mass is 32.2. The van der Waals surface area contributed by atoms with Gasteiger partial charge in [0.05, 0.1) is 4.90 Å². The predicted octanol–water partition coefficient (Wildman–Crippen LogP) is 4.70. The Kier molecular flexibility index (Phi) is 7.85. The molecule has 3 N–H and O–H groups in total. The number of aliphatic carboxylic acids is 1. The third kappa shape index (κ3) is 6.10. The zero-order chi connectivity index (χ0) is 26.7. The maximum atomic E-state index is 13.2. The van der Waals surface area contributed by atoms with Crippen molar-refractivity contribution in [3.8, 4) is 11.3 Å². The number of hydrogen-bond donors (Lipinski definition) is 3. The summed E-state index contributed by atoms with van der Waals surface area (Å²) in [5, 5.41) is 9.78. The molecule has 2 aromatic carbocycles. The zero-order valence-electron chi connectivity index (χ0n) is 21.5. The minimum Gasteiger partial charge on any atom is -0.481 e. The lowest BCUT2D eigenvalue weighted by atomic mass is 9.85. The first-order chi connectivity index (χ1) is 18.3. The first-order valence-corrected chi connectivity index (χ1v) is 15.0. The summed E-state index contributed by atoms with van der Waals surface area (Å²) in [5.41, 5.74) is 3.49. The smallest absolute Gasteiger partial charge is 0.303 e. The van der Waals surface area contributed by atoms with Crippen LogP contribution in [0.5, 0.6) is 0 Å². The first kappa shape index (κ1) is 26.4. The molecule has 1 aliphatic carbocycles. The number of nitrogens with zero attached hydrogens (tertiary/aromatic N) is 1. The number of benzene rings is 2. The number of hydrogen-bond acceptors (Lipinski definition) is 4. The Hall–Kier alpha value is -3.17. The van der Waals surface area contributed by atoms with Crippen LogP contribution in [0.4, 0.5) is 0 Å². The van der Waals surface area contributed by atoms with E-state index in [0.29, 0.717) is 19.3 Å². The number of aromatic nitrogens is 1. The highest BCUT2D eigenvalue weighted by Crippen LogP contribution is 2.30. The van der Waals surface area contributed by atoms with Crippen LogP contribution in [0.2, 0.25) is 0 Å². The summed E-state index contributed by atoms with van der Waals surface area (Å²) in [4.78, 5) is 29.2. The molecule has 2 aliphatic rings. The Bertz CT molecular complexity index is 1400. The van der Waals surface area contributed by atoms with E-state index in [0.717, 1.165) is 66.5 Å². The van der Waals surface area contributed by atoms with Gasteiger partial charge in [-0.2, -0.15) is 0 Å². The zero-order valence-corrected chi connectivity index (χ0v) is 22.3. The van der Waals surface area contributed by atoms with Crippen molar-refractivity contribution < 1.29 is 23.1 Å². The van der Waals surface area contributed by atoms with Crippen molar-refractivity contribution in [2.45, 2.75) is 68.7 Å². The van der Waals surface area contributed by atoms with Crippen LogP contribution in [0.1, 0.15) is 56.9 Å². The van der Waals surface area contributed by atoms with E-state index in [1.165, 1.54) is 6.42 Å². The second kappa shape index (κ2) is 11.3. The molecule has 0 atom stereocenters. The molecule has 0 spiro atoms. The van der Waals surface area contributed by atoms with Gasteiger partial charge in [0.25, 0.3) is 0 Å².